The third-order valence-electron chi connectivity index (χ3n) is 6.51. The lowest BCUT2D eigenvalue weighted by Crippen LogP contribution is -2.39. The molecule has 2 saturated heterocycles. The molecule has 4 heterocycles. The van der Waals surface area contributed by atoms with Crippen molar-refractivity contribution in [2.24, 2.45) is 11.8 Å². The van der Waals surface area contributed by atoms with Gasteiger partial charge in [-0.05, 0) is 93.1 Å². The molecule has 0 amide bonds. The van der Waals surface area contributed by atoms with Crippen molar-refractivity contribution in [2.45, 2.75) is 46.0 Å². The van der Waals surface area contributed by atoms with Gasteiger partial charge in [0, 0.05) is 35.0 Å². The summed E-state index contributed by atoms with van der Waals surface area (Å²) in [5.74, 6) is -1.65. The number of likely N-dealkylation sites (tertiary alicyclic amines) is 1. The number of carboxylic acid groups (broad SMARTS) is 2. The predicted octanol–water partition coefficient (Wildman–Crippen LogP) is 5.54. The zero-order valence-electron chi connectivity index (χ0n) is 20.5. The maximum atomic E-state index is 11.2. The number of thiophene rings is 2. The summed E-state index contributed by atoms with van der Waals surface area (Å²) in [6.45, 7) is 8.61. The Balaban J connectivity index is 0.000000366. The van der Waals surface area contributed by atoms with Crippen LogP contribution in [0.2, 0.25) is 0 Å². The number of halogens is 1. The summed E-state index contributed by atoms with van der Waals surface area (Å²) in [6.07, 6.45) is 6.94. The standard InChI is InChI=1S/C20H25NO2S2.C6H11NO2.ClH/c1-14-7-11-24-18(14)17(19-15(2)8-12-25-19)6-4-10-21-9-3-5-16(13-21)20(22)23;8-6(9)5-2-1-3-7-4-5;/h6-8,11-12,16H,3-5,9-10,13H2,1-2H3,(H,22,23);5,7H,1-4H2,(H,8,9);1H/t16-;;/m1../s1. The number of nitrogens with one attached hydrogen (secondary N) is 1. The molecule has 0 radical (unpaired) electrons. The first-order valence-electron chi connectivity index (χ1n) is 12.0. The predicted molar refractivity (Wildman–Crippen MR) is 147 cm³/mol. The van der Waals surface area contributed by atoms with E-state index in [0.717, 1.165) is 51.7 Å². The Labute approximate surface area is 222 Å². The van der Waals surface area contributed by atoms with E-state index in [1.54, 1.807) is 22.7 Å². The van der Waals surface area contributed by atoms with E-state index in [4.69, 9.17) is 5.11 Å². The minimum absolute atomic E-state index is 0. The number of carbonyl (C=O) groups is 2. The highest BCUT2D eigenvalue weighted by Gasteiger charge is 2.25. The van der Waals surface area contributed by atoms with E-state index >= 15 is 0 Å². The molecule has 35 heavy (non-hydrogen) atoms. The number of rotatable bonds is 7. The minimum Gasteiger partial charge on any atom is -0.481 e. The largest absolute Gasteiger partial charge is 0.481 e. The zero-order valence-corrected chi connectivity index (χ0v) is 22.9. The van der Waals surface area contributed by atoms with Crippen molar-refractivity contribution in [3.8, 4) is 0 Å². The number of carboxylic acids is 2. The van der Waals surface area contributed by atoms with Crippen LogP contribution in [0.5, 0.6) is 0 Å². The van der Waals surface area contributed by atoms with Gasteiger partial charge >= 0.3 is 11.9 Å². The van der Waals surface area contributed by atoms with E-state index in [1.165, 1.54) is 26.5 Å². The summed E-state index contributed by atoms with van der Waals surface area (Å²) >= 11 is 3.60. The molecule has 2 aromatic heterocycles. The Kier molecular flexibility index (Phi) is 12.4. The highest BCUT2D eigenvalue weighted by Crippen LogP contribution is 2.35. The molecule has 4 rings (SSSR count). The average molecular weight is 541 g/mol. The smallest absolute Gasteiger partial charge is 0.307 e. The molecule has 2 atom stereocenters. The van der Waals surface area contributed by atoms with E-state index in [1.807, 2.05) is 0 Å². The number of hydrogen-bond donors (Lipinski definition) is 3. The van der Waals surface area contributed by atoms with Crippen LogP contribution < -0.4 is 5.32 Å². The van der Waals surface area contributed by atoms with Crippen LogP contribution in [0.15, 0.2) is 29.0 Å². The summed E-state index contributed by atoms with van der Waals surface area (Å²) in [7, 11) is 0. The van der Waals surface area contributed by atoms with Gasteiger partial charge in [0.2, 0.25) is 0 Å². The van der Waals surface area contributed by atoms with Crippen molar-refractivity contribution >= 4 is 52.6 Å². The molecule has 0 aromatic carbocycles. The zero-order chi connectivity index (χ0) is 24.5. The normalized spacial score (nSPS) is 20.2. The van der Waals surface area contributed by atoms with Crippen molar-refractivity contribution in [1.29, 1.82) is 0 Å². The number of aliphatic carboxylic acids is 2. The molecule has 0 saturated carbocycles. The fourth-order valence-corrected chi connectivity index (χ4v) is 6.51. The van der Waals surface area contributed by atoms with Crippen LogP contribution in [0.3, 0.4) is 0 Å². The van der Waals surface area contributed by atoms with Gasteiger partial charge in [0.05, 0.1) is 11.8 Å². The molecule has 2 aromatic rings. The van der Waals surface area contributed by atoms with Crippen molar-refractivity contribution in [3.63, 3.8) is 0 Å². The molecule has 0 spiro atoms. The van der Waals surface area contributed by atoms with Gasteiger partial charge in [-0.2, -0.15) is 0 Å². The van der Waals surface area contributed by atoms with Crippen LogP contribution in [0.4, 0.5) is 0 Å². The van der Waals surface area contributed by atoms with Gasteiger partial charge in [0.25, 0.3) is 0 Å². The minimum atomic E-state index is -0.665. The third-order valence-corrected chi connectivity index (χ3v) is 8.61. The first-order chi connectivity index (χ1) is 16.4. The van der Waals surface area contributed by atoms with Crippen molar-refractivity contribution in [1.82, 2.24) is 10.2 Å². The number of hydrogen-bond acceptors (Lipinski definition) is 6. The van der Waals surface area contributed by atoms with Crippen LogP contribution in [0.1, 0.15) is 53.0 Å². The fraction of sp³-hybridized carbons (Fsp3) is 0.538. The Morgan fingerprint density at radius 3 is 2.09 bits per heavy atom. The Morgan fingerprint density at radius 2 is 1.63 bits per heavy atom. The van der Waals surface area contributed by atoms with Crippen LogP contribution in [-0.2, 0) is 9.59 Å². The molecule has 0 aliphatic carbocycles. The average Bonchev–Trinajstić information content (AvgIpc) is 3.46. The van der Waals surface area contributed by atoms with E-state index in [9.17, 15) is 14.7 Å². The van der Waals surface area contributed by atoms with Crippen molar-refractivity contribution in [3.05, 3.63) is 49.9 Å². The van der Waals surface area contributed by atoms with E-state index < -0.39 is 11.9 Å². The Bertz CT molecular complexity index is 939. The maximum Gasteiger partial charge on any atom is 0.307 e. The van der Waals surface area contributed by atoms with E-state index in [2.05, 4.69) is 53.0 Å². The summed E-state index contributed by atoms with van der Waals surface area (Å²) < 4.78 is 0. The highest BCUT2D eigenvalue weighted by molar-refractivity contribution is 7.14. The SMILES string of the molecule is Cc1ccsc1C(=CCCN1CCC[C@@H](C(=O)O)C1)c1sccc1C.Cl.O=C(O)C1CCCNC1. The molecular weight excluding hydrogens is 504 g/mol. The molecule has 2 fully saturated rings. The molecule has 194 valence electrons. The molecule has 9 heteroatoms. The van der Waals surface area contributed by atoms with Gasteiger partial charge < -0.3 is 20.4 Å². The second kappa shape index (κ2) is 14.8. The molecule has 3 N–H and O–H groups in total. The van der Waals surface area contributed by atoms with Gasteiger partial charge in [-0.15, -0.1) is 35.1 Å². The van der Waals surface area contributed by atoms with Gasteiger partial charge in [-0.25, -0.2) is 0 Å². The van der Waals surface area contributed by atoms with Crippen LogP contribution in [0.25, 0.3) is 5.57 Å². The van der Waals surface area contributed by atoms with Crippen molar-refractivity contribution in [2.75, 3.05) is 32.7 Å². The number of aryl methyl sites for hydroxylation is 2. The second-order valence-electron chi connectivity index (χ2n) is 9.13. The van der Waals surface area contributed by atoms with Crippen LogP contribution in [-0.4, -0.2) is 59.8 Å². The summed E-state index contributed by atoms with van der Waals surface area (Å²) in [5, 5.41) is 25.1. The first kappa shape index (κ1) is 29.5. The van der Waals surface area contributed by atoms with Gasteiger partial charge in [0.15, 0.2) is 0 Å². The van der Waals surface area contributed by atoms with Gasteiger partial charge in [-0.3, -0.25) is 9.59 Å². The topological polar surface area (TPSA) is 89.9 Å². The first-order valence-corrected chi connectivity index (χ1v) is 13.8. The molecule has 1 unspecified atom stereocenters. The lowest BCUT2D eigenvalue weighted by molar-refractivity contribution is -0.144. The second-order valence-corrected chi connectivity index (χ2v) is 11.0. The summed E-state index contributed by atoms with van der Waals surface area (Å²) in [6, 6.07) is 4.36. The monoisotopic (exact) mass is 540 g/mol. The third kappa shape index (κ3) is 8.72. The highest BCUT2D eigenvalue weighted by atomic mass is 35.5. The Hall–Kier alpha value is -1.71. The van der Waals surface area contributed by atoms with Crippen LogP contribution in [0, 0.1) is 25.7 Å². The van der Waals surface area contributed by atoms with Crippen molar-refractivity contribution < 1.29 is 19.8 Å². The molecule has 6 nitrogen and oxygen atoms in total. The lowest BCUT2D eigenvalue weighted by atomic mass is 9.98. The fourth-order valence-electron chi connectivity index (χ4n) is 4.50. The van der Waals surface area contributed by atoms with Gasteiger partial charge in [0.1, 0.15) is 0 Å². The quantitative estimate of drug-likeness (QED) is 0.427. The molecular formula is C26H37ClN2O4S2. The van der Waals surface area contributed by atoms with Crippen LogP contribution >= 0.6 is 35.1 Å². The molecule has 2 aliphatic rings. The van der Waals surface area contributed by atoms with Gasteiger partial charge in [-0.1, -0.05) is 6.08 Å². The molecule has 0 bridgehead atoms. The summed E-state index contributed by atoms with van der Waals surface area (Å²) in [5.41, 5.74) is 3.99. The maximum absolute atomic E-state index is 11.2. The molecule has 2 aliphatic heterocycles. The number of nitrogens with zero attached hydrogens (tertiary/aromatic N) is 1. The Morgan fingerprint density at radius 1 is 1.03 bits per heavy atom. The van der Waals surface area contributed by atoms with E-state index in [0.29, 0.717) is 13.1 Å². The lowest BCUT2D eigenvalue weighted by Gasteiger charge is -2.30. The summed E-state index contributed by atoms with van der Waals surface area (Å²) in [4.78, 5) is 26.6. The van der Waals surface area contributed by atoms with E-state index in [-0.39, 0.29) is 24.2 Å². The number of piperidine rings is 2.